The molecule has 192 valence electrons. The minimum Gasteiger partial charge on any atom is -0.476 e. The number of aromatic carboxylic acids is 1. The molecule has 0 radical (unpaired) electrons. The number of urea groups is 1. The molecular weight excluding hydrogens is 499 g/mol. The van der Waals surface area contributed by atoms with Gasteiger partial charge in [0.15, 0.2) is 16.7 Å². The summed E-state index contributed by atoms with van der Waals surface area (Å²) in [6.07, 6.45) is 0.0598. The number of thiazole rings is 1. The number of benzene rings is 1. The highest BCUT2D eigenvalue weighted by molar-refractivity contribution is 7.15. The monoisotopic (exact) mass is 523 g/mol. The number of hydrogen-bond donors (Lipinski definition) is 3. The van der Waals surface area contributed by atoms with Crippen molar-refractivity contribution in [2.24, 2.45) is 0 Å². The summed E-state index contributed by atoms with van der Waals surface area (Å²) in [5.41, 5.74) is 1.58. The highest BCUT2D eigenvalue weighted by atomic mass is 32.1. The van der Waals surface area contributed by atoms with E-state index in [1.54, 1.807) is 0 Å². The Balaban J connectivity index is 1.37. The number of carbonyl (C=O) groups excluding carboxylic acids is 1. The summed E-state index contributed by atoms with van der Waals surface area (Å²) < 4.78 is 43.5. The Morgan fingerprint density at radius 2 is 1.92 bits per heavy atom. The molecule has 0 unspecified atom stereocenters. The first-order valence-corrected chi connectivity index (χ1v) is 12.1. The number of carboxylic acid groups (broad SMARTS) is 1. The molecule has 1 fully saturated rings. The summed E-state index contributed by atoms with van der Waals surface area (Å²) in [6.45, 7) is 3.86. The fourth-order valence-electron chi connectivity index (χ4n) is 3.91. The maximum Gasteiger partial charge on any atom is 0.452 e. The van der Waals surface area contributed by atoms with Crippen LogP contribution in [-0.2, 0) is 19.0 Å². The molecule has 0 spiro atoms. The standard InChI is InChI=1S/C23H24F3N5O4S/c1-13-5-7-15(16(11-13)31-9-3-2-4-10-31)28-21(34)30-22-27-12-14(36-22)6-8-17-29-18(20(32)33)19(35-17)23(24,25)26/h5,7,11-12H,2-4,6,8-10H2,1H3,(H,32,33)(H2,27,28,30,34). The van der Waals surface area contributed by atoms with E-state index in [1.807, 2.05) is 25.1 Å². The second kappa shape index (κ2) is 10.6. The number of oxazole rings is 1. The number of nitrogens with zero attached hydrogens (tertiary/aromatic N) is 3. The van der Waals surface area contributed by atoms with Crippen LogP contribution in [0.4, 0.5) is 34.5 Å². The molecular formula is C23H24F3N5O4S. The zero-order valence-corrected chi connectivity index (χ0v) is 20.1. The second-order valence-corrected chi connectivity index (χ2v) is 9.48. The number of piperidine rings is 1. The van der Waals surface area contributed by atoms with Crippen LogP contribution >= 0.6 is 11.3 Å². The number of rotatable bonds is 7. The maximum atomic E-state index is 13.0. The molecule has 1 saturated heterocycles. The Morgan fingerprint density at radius 3 is 2.58 bits per heavy atom. The summed E-state index contributed by atoms with van der Waals surface area (Å²) in [5.74, 6) is -3.79. The number of carbonyl (C=O) groups is 2. The molecule has 0 saturated carbocycles. The molecule has 3 N–H and O–H groups in total. The van der Waals surface area contributed by atoms with Gasteiger partial charge in [0.2, 0.25) is 5.76 Å². The van der Waals surface area contributed by atoms with Gasteiger partial charge in [0.05, 0.1) is 11.4 Å². The van der Waals surface area contributed by atoms with Crippen molar-refractivity contribution in [3.8, 4) is 0 Å². The number of alkyl halides is 3. The van der Waals surface area contributed by atoms with Crippen molar-refractivity contribution >= 4 is 39.8 Å². The van der Waals surface area contributed by atoms with Crippen LogP contribution in [0.1, 0.15) is 51.8 Å². The lowest BCUT2D eigenvalue weighted by atomic mass is 10.1. The zero-order valence-electron chi connectivity index (χ0n) is 19.3. The molecule has 9 nitrogen and oxygen atoms in total. The molecule has 1 aliphatic heterocycles. The summed E-state index contributed by atoms with van der Waals surface area (Å²) in [6, 6.07) is 5.37. The molecule has 13 heteroatoms. The van der Waals surface area contributed by atoms with Gasteiger partial charge in [-0.1, -0.05) is 6.07 Å². The Hall–Kier alpha value is -3.61. The predicted octanol–water partition coefficient (Wildman–Crippen LogP) is 5.58. The van der Waals surface area contributed by atoms with Gasteiger partial charge < -0.3 is 19.7 Å². The Kier molecular flexibility index (Phi) is 7.48. The van der Waals surface area contributed by atoms with Crippen molar-refractivity contribution in [2.45, 2.75) is 45.2 Å². The smallest absolute Gasteiger partial charge is 0.452 e. The van der Waals surface area contributed by atoms with Crippen LogP contribution in [0.25, 0.3) is 0 Å². The van der Waals surface area contributed by atoms with Gasteiger partial charge in [-0.3, -0.25) is 5.32 Å². The van der Waals surface area contributed by atoms with E-state index in [4.69, 9.17) is 5.11 Å². The van der Waals surface area contributed by atoms with Crippen LogP contribution in [-0.4, -0.2) is 40.2 Å². The van der Waals surface area contributed by atoms with E-state index in [0.29, 0.717) is 15.7 Å². The number of aromatic nitrogens is 2. The Bertz CT molecular complexity index is 1250. The minimum absolute atomic E-state index is 0.0627. The van der Waals surface area contributed by atoms with Crippen molar-refractivity contribution < 1.29 is 32.3 Å². The van der Waals surface area contributed by atoms with Crippen LogP contribution in [0.2, 0.25) is 0 Å². The molecule has 1 aliphatic rings. The van der Waals surface area contributed by atoms with Gasteiger partial charge in [-0.05, 0) is 50.3 Å². The molecule has 0 bridgehead atoms. The number of hydrogen-bond acceptors (Lipinski definition) is 7. The number of halogens is 3. The molecule has 2 amide bonds. The van der Waals surface area contributed by atoms with Crippen LogP contribution in [0.15, 0.2) is 28.8 Å². The van der Waals surface area contributed by atoms with Gasteiger partial charge >= 0.3 is 18.2 Å². The van der Waals surface area contributed by atoms with Crippen molar-refractivity contribution in [1.82, 2.24) is 9.97 Å². The number of amides is 2. The van der Waals surface area contributed by atoms with E-state index < -0.39 is 29.6 Å². The quantitative estimate of drug-likeness (QED) is 0.370. The highest BCUT2D eigenvalue weighted by Gasteiger charge is 2.41. The Labute approximate surface area is 208 Å². The normalized spacial score (nSPS) is 14.1. The Morgan fingerprint density at radius 1 is 1.17 bits per heavy atom. The van der Waals surface area contributed by atoms with Crippen LogP contribution in [0.5, 0.6) is 0 Å². The van der Waals surface area contributed by atoms with Crippen LogP contribution < -0.4 is 15.5 Å². The third kappa shape index (κ3) is 6.14. The number of carboxylic acids is 1. The van der Waals surface area contributed by atoms with E-state index in [1.165, 1.54) is 12.6 Å². The van der Waals surface area contributed by atoms with Gasteiger partial charge in [0, 0.05) is 30.6 Å². The number of anilines is 3. The van der Waals surface area contributed by atoms with E-state index in [0.717, 1.165) is 48.5 Å². The van der Waals surface area contributed by atoms with Crippen molar-refractivity contribution in [3.05, 3.63) is 52.2 Å². The van der Waals surface area contributed by atoms with Crippen LogP contribution in [0, 0.1) is 6.92 Å². The first-order chi connectivity index (χ1) is 17.1. The molecule has 1 aromatic carbocycles. The van der Waals surface area contributed by atoms with E-state index in [2.05, 4.69) is 29.9 Å². The molecule has 4 rings (SSSR count). The first-order valence-electron chi connectivity index (χ1n) is 11.3. The molecule has 3 heterocycles. The van der Waals surface area contributed by atoms with E-state index in [9.17, 15) is 22.8 Å². The highest BCUT2D eigenvalue weighted by Crippen LogP contribution is 2.33. The van der Waals surface area contributed by atoms with Crippen molar-refractivity contribution in [2.75, 3.05) is 28.6 Å². The van der Waals surface area contributed by atoms with Gasteiger partial charge in [0.1, 0.15) is 0 Å². The van der Waals surface area contributed by atoms with Gasteiger partial charge in [0.25, 0.3) is 0 Å². The second-order valence-electron chi connectivity index (χ2n) is 8.37. The number of aryl methyl sites for hydroxylation is 3. The molecule has 3 aromatic rings. The molecule has 0 aliphatic carbocycles. The zero-order chi connectivity index (χ0) is 25.9. The third-order valence-corrected chi connectivity index (χ3v) is 6.56. The lowest BCUT2D eigenvalue weighted by Gasteiger charge is -2.30. The summed E-state index contributed by atoms with van der Waals surface area (Å²) in [5, 5.41) is 14.8. The van der Waals surface area contributed by atoms with Gasteiger partial charge in [-0.15, -0.1) is 11.3 Å². The maximum absolute atomic E-state index is 13.0. The summed E-state index contributed by atoms with van der Waals surface area (Å²) in [4.78, 5) is 34.2. The predicted molar refractivity (Wildman–Crippen MR) is 128 cm³/mol. The fraction of sp³-hybridized carbons (Fsp3) is 0.391. The number of nitrogens with one attached hydrogen (secondary N) is 2. The molecule has 36 heavy (non-hydrogen) atoms. The van der Waals surface area contributed by atoms with Gasteiger partial charge in [-0.25, -0.2) is 19.6 Å². The van der Waals surface area contributed by atoms with E-state index >= 15 is 0 Å². The van der Waals surface area contributed by atoms with Crippen molar-refractivity contribution in [1.29, 1.82) is 0 Å². The third-order valence-electron chi connectivity index (χ3n) is 5.59. The molecule has 0 atom stereocenters. The van der Waals surface area contributed by atoms with E-state index in [-0.39, 0.29) is 18.7 Å². The SMILES string of the molecule is Cc1ccc(NC(=O)Nc2ncc(CCc3nc(C(=O)O)c(C(F)(F)F)o3)s2)c(N2CCCCC2)c1. The molecule has 2 aromatic heterocycles. The summed E-state index contributed by atoms with van der Waals surface area (Å²) >= 11 is 1.15. The average Bonchev–Trinajstić information content (AvgIpc) is 3.46. The largest absolute Gasteiger partial charge is 0.476 e. The van der Waals surface area contributed by atoms with Gasteiger partial charge in [-0.2, -0.15) is 13.2 Å². The fourth-order valence-corrected chi connectivity index (χ4v) is 4.72. The summed E-state index contributed by atoms with van der Waals surface area (Å²) in [7, 11) is 0. The van der Waals surface area contributed by atoms with Crippen LogP contribution in [0.3, 0.4) is 0 Å². The lowest BCUT2D eigenvalue weighted by molar-refractivity contribution is -0.153. The lowest BCUT2D eigenvalue weighted by Crippen LogP contribution is -2.31. The first kappa shape index (κ1) is 25.5. The van der Waals surface area contributed by atoms with Crippen molar-refractivity contribution in [3.63, 3.8) is 0 Å². The topological polar surface area (TPSA) is 121 Å². The average molecular weight is 524 g/mol. The minimum atomic E-state index is -4.96.